The Balaban J connectivity index is 2.94. The lowest BCUT2D eigenvalue weighted by molar-refractivity contribution is -0.138. The minimum atomic E-state index is -0.596. The molecular formula is C10H12ClN3O2. The van der Waals surface area contributed by atoms with E-state index >= 15 is 0 Å². The third-order valence-corrected chi connectivity index (χ3v) is 1.96. The molecule has 0 saturated heterocycles. The van der Waals surface area contributed by atoms with E-state index in [-0.39, 0.29) is 17.5 Å². The Bertz CT molecular complexity index is 432. The number of hydrogen-bond donors (Lipinski definition) is 1. The molecule has 5 nitrogen and oxygen atoms in total. The van der Waals surface area contributed by atoms with Gasteiger partial charge in [-0.15, -0.1) is 0 Å². The van der Waals surface area contributed by atoms with Crippen molar-refractivity contribution >= 4 is 23.6 Å². The van der Waals surface area contributed by atoms with Crippen LogP contribution in [0.1, 0.15) is 18.3 Å². The van der Waals surface area contributed by atoms with Crippen molar-refractivity contribution in [1.29, 1.82) is 0 Å². The van der Waals surface area contributed by atoms with Gasteiger partial charge in [0.05, 0.1) is 12.3 Å². The quantitative estimate of drug-likeness (QED) is 0.638. The van der Waals surface area contributed by atoms with Gasteiger partial charge in [-0.25, -0.2) is 9.78 Å². The average Bonchev–Trinajstić information content (AvgIpc) is 2.22. The molecule has 6 heteroatoms. The van der Waals surface area contributed by atoms with Crippen LogP contribution in [0.3, 0.4) is 0 Å². The van der Waals surface area contributed by atoms with E-state index in [1.807, 2.05) is 0 Å². The number of nitrogens with two attached hydrogens (primary N) is 1. The zero-order chi connectivity index (χ0) is 12.1. The number of esters is 1. The van der Waals surface area contributed by atoms with Crippen molar-refractivity contribution in [2.45, 2.75) is 13.8 Å². The van der Waals surface area contributed by atoms with Gasteiger partial charge in [0.25, 0.3) is 0 Å². The summed E-state index contributed by atoms with van der Waals surface area (Å²) in [5.74, 6) is -0.596. The summed E-state index contributed by atoms with van der Waals surface area (Å²) in [5.41, 5.74) is 6.49. The van der Waals surface area contributed by atoms with E-state index < -0.39 is 5.97 Å². The van der Waals surface area contributed by atoms with Crippen LogP contribution < -0.4 is 5.73 Å². The van der Waals surface area contributed by atoms with Gasteiger partial charge in [0.15, 0.2) is 5.15 Å². The molecule has 1 aromatic heterocycles. The first kappa shape index (κ1) is 12.4. The highest BCUT2D eigenvalue weighted by Crippen LogP contribution is 2.13. The molecule has 0 aliphatic heterocycles. The topological polar surface area (TPSA) is 78.1 Å². The van der Waals surface area contributed by atoms with E-state index in [9.17, 15) is 4.79 Å². The highest BCUT2D eigenvalue weighted by Gasteiger charge is 2.08. The van der Waals surface area contributed by atoms with Crippen LogP contribution in [0, 0.1) is 6.92 Å². The highest BCUT2D eigenvalue weighted by atomic mass is 35.5. The second-order valence-electron chi connectivity index (χ2n) is 3.01. The Kier molecular flexibility index (Phi) is 4.25. The molecule has 0 unspecified atom stereocenters. The summed E-state index contributed by atoms with van der Waals surface area (Å²) in [4.78, 5) is 19.2. The van der Waals surface area contributed by atoms with Gasteiger partial charge >= 0.3 is 5.97 Å². The zero-order valence-electron chi connectivity index (χ0n) is 9.03. The third kappa shape index (κ3) is 3.20. The van der Waals surface area contributed by atoms with Crippen molar-refractivity contribution in [2.24, 2.45) is 5.73 Å². The van der Waals surface area contributed by atoms with Gasteiger partial charge in [-0.1, -0.05) is 11.6 Å². The predicted octanol–water partition coefficient (Wildman–Crippen LogP) is 1.30. The second-order valence-corrected chi connectivity index (χ2v) is 3.37. The van der Waals surface area contributed by atoms with Crippen LogP contribution in [-0.4, -0.2) is 22.5 Å². The number of carbonyl (C=O) groups excluding carboxylic acids is 1. The van der Waals surface area contributed by atoms with E-state index in [0.29, 0.717) is 11.4 Å². The van der Waals surface area contributed by atoms with Crippen LogP contribution in [0.2, 0.25) is 5.15 Å². The molecule has 2 N–H and O–H groups in total. The van der Waals surface area contributed by atoms with Crippen molar-refractivity contribution < 1.29 is 9.53 Å². The Hall–Kier alpha value is -1.62. The predicted molar refractivity (Wildman–Crippen MR) is 60.6 cm³/mol. The number of hydrogen-bond acceptors (Lipinski definition) is 5. The molecule has 0 saturated carbocycles. The smallest absolute Gasteiger partial charge is 0.354 e. The lowest BCUT2D eigenvalue weighted by Gasteiger charge is -2.02. The molecule has 0 fully saturated rings. The summed E-state index contributed by atoms with van der Waals surface area (Å²) in [6, 6.07) is 0. The summed E-state index contributed by atoms with van der Waals surface area (Å²) < 4.78 is 4.72. The van der Waals surface area contributed by atoms with Crippen molar-refractivity contribution in [2.75, 3.05) is 6.61 Å². The Morgan fingerprint density at radius 3 is 2.94 bits per heavy atom. The average molecular weight is 242 g/mol. The van der Waals surface area contributed by atoms with Gasteiger partial charge in [-0.05, 0) is 19.9 Å². The molecule has 86 valence electrons. The molecule has 0 spiro atoms. The summed E-state index contributed by atoms with van der Waals surface area (Å²) >= 11 is 5.83. The number of carbonyl (C=O) groups is 1. The van der Waals surface area contributed by atoms with Gasteiger partial charge in [-0.3, -0.25) is 4.98 Å². The van der Waals surface area contributed by atoms with Gasteiger partial charge in [0, 0.05) is 6.20 Å². The SMILES string of the molecule is CCOC(=O)/C(N)=C/c1ncc(C)nc1Cl. The molecular weight excluding hydrogens is 230 g/mol. The third-order valence-electron chi connectivity index (χ3n) is 1.68. The number of rotatable bonds is 3. The molecule has 0 atom stereocenters. The van der Waals surface area contributed by atoms with Crippen molar-refractivity contribution in [1.82, 2.24) is 9.97 Å². The van der Waals surface area contributed by atoms with Crippen LogP contribution in [0.4, 0.5) is 0 Å². The molecule has 16 heavy (non-hydrogen) atoms. The molecule has 1 aromatic rings. The monoisotopic (exact) mass is 241 g/mol. The summed E-state index contributed by atoms with van der Waals surface area (Å²) in [6.45, 7) is 3.73. The summed E-state index contributed by atoms with van der Waals surface area (Å²) in [6.07, 6.45) is 2.88. The molecule has 1 rings (SSSR count). The fourth-order valence-electron chi connectivity index (χ4n) is 0.975. The van der Waals surface area contributed by atoms with Gasteiger partial charge in [0.2, 0.25) is 0 Å². The minimum Gasteiger partial charge on any atom is -0.461 e. The van der Waals surface area contributed by atoms with Crippen LogP contribution in [0.25, 0.3) is 6.08 Å². The van der Waals surface area contributed by atoms with E-state index in [2.05, 4.69) is 9.97 Å². The Morgan fingerprint density at radius 2 is 2.38 bits per heavy atom. The molecule has 0 aliphatic carbocycles. The maximum atomic E-state index is 11.2. The van der Waals surface area contributed by atoms with E-state index in [4.69, 9.17) is 22.1 Å². The van der Waals surface area contributed by atoms with Crippen LogP contribution >= 0.6 is 11.6 Å². The van der Waals surface area contributed by atoms with Crippen LogP contribution in [0.15, 0.2) is 11.9 Å². The van der Waals surface area contributed by atoms with Crippen molar-refractivity contribution in [3.05, 3.63) is 28.4 Å². The van der Waals surface area contributed by atoms with Crippen molar-refractivity contribution in [3.8, 4) is 0 Å². The first-order valence-electron chi connectivity index (χ1n) is 4.68. The number of halogens is 1. The number of ether oxygens (including phenoxy) is 1. The molecule has 0 aromatic carbocycles. The Morgan fingerprint density at radius 1 is 1.69 bits per heavy atom. The standard InChI is InChI=1S/C10H12ClN3O2/c1-3-16-10(15)7(12)4-8-9(11)14-6(2)5-13-8/h4-5H,3,12H2,1-2H3/b7-4-. The fraction of sp³-hybridized carbons (Fsp3) is 0.300. The van der Waals surface area contributed by atoms with E-state index in [0.717, 1.165) is 0 Å². The molecule has 1 heterocycles. The second kappa shape index (κ2) is 5.46. The summed E-state index contributed by atoms with van der Waals surface area (Å²) in [5, 5.41) is 0.201. The van der Waals surface area contributed by atoms with Gasteiger partial charge < -0.3 is 10.5 Å². The van der Waals surface area contributed by atoms with Gasteiger partial charge in [0.1, 0.15) is 11.4 Å². The number of aryl methyl sites for hydroxylation is 1. The van der Waals surface area contributed by atoms with Crippen molar-refractivity contribution in [3.63, 3.8) is 0 Å². The zero-order valence-corrected chi connectivity index (χ0v) is 9.78. The van der Waals surface area contributed by atoms with E-state index in [1.165, 1.54) is 12.3 Å². The molecule has 0 aliphatic rings. The van der Waals surface area contributed by atoms with E-state index in [1.54, 1.807) is 13.8 Å². The molecule has 0 radical (unpaired) electrons. The largest absolute Gasteiger partial charge is 0.461 e. The molecule has 0 amide bonds. The van der Waals surface area contributed by atoms with Gasteiger partial charge in [-0.2, -0.15) is 0 Å². The summed E-state index contributed by atoms with van der Waals surface area (Å²) in [7, 11) is 0. The lowest BCUT2D eigenvalue weighted by atomic mass is 10.3. The first-order chi connectivity index (χ1) is 7.54. The fourth-order valence-corrected chi connectivity index (χ4v) is 1.21. The number of nitrogens with zero attached hydrogens (tertiary/aromatic N) is 2. The van der Waals surface area contributed by atoms with Crippen LogP contribution in [0.5, 0.6) is 0 Å². The normalized spacial score (nSPS) is 11.3. The van der Waals surface area contributed by atoms with Crippen LogP contribution in [-0.2, 0) is 9.53 Å². The molecule has 0 bridgehead atoms. The Labute approximate surface area is 98.3 Å². The first-order valence-corrected chi connectivity index (χ1v) is 5.05. The maximum absolute atomic E-state index is 11.2. The lowest BCUT2D eigenvalue weighted by Crippen LogP contribution is -2.14. The minimum absolute atomic E-state index is 0.0538. The maximum Gasteiger partial charge on any atom is 0.354 e. The number of aromatic nitrogens is 2. The highest BCUT2D eigenvalue weighted by molar-refractivity contribution is 6.30.